The molecule has 1 amide bonds. The van der Waals surface area contributed by atoms with Crippen molar-refractivity contribution in [1.29, 1.82) is 5.26 Å². The van der Waals surface area contributed by atoms with Crippen LogP contribution in [-0.4, -0.2) is 31.7 Å². The summed E-state index contributed by atoms with van der Waals surface area (Å²) in [5.41, 5.74) is 1.46. The molecule has 150 valence electrons. The van der Waals surface area contributed by atoms with Crippen LogP contribution in [0.3, 0.4) is 0 Å². The fraction of sp³-hybridized carbons (Fsp3) is 0.318. The molecule has 0 spiro atoms. The lowest BCUT2D eigenvalue weighted by molar-refractivity contribution is -0.125. The van der Waals surface area contributed by atoms with E-state index in [2.05, 4.69) is 5.32 Å². The molecule has 1 N–H and O–H groups in total. The number of nitriles is 1. The molecule has 7 nitrogen and oxygen atoms in total. The van der Waals surface area contributed by atoms with Gasteiger partial charge < -0.3 is 19.5 Å². The number of fused-ring (bicyclic) bond motifs is 1. The zero-order valence-corrected chi connectivity index (χ0v) is 16.3. The van der Waals surface area contributed by atoms with Crippen LogP contribution in [0.1, 0.15) is 41.4 Å². The summed E-state index contributed by atoms with van der Waals surface area (Å²) >= 11 is 0. The summed E-state index contributed by atoms with van der Waals surface area (Å²) in [6, 6.07) is 13.4. The molecule has 0 aliphatic carbocycles. The van der Waals surface area contributed by atoms with Crippen molar-refractivity contribution in [3.05, 3.63) is 59.2 Å². The maximum atomic E-state index is 12.4. The maximum absolute atomic E-state index is 12.4. The number of carbonyl (C=O) groups excluding carboxylic acids is 2. The summed E-state index contributed by atoms with van der Waals surface area (Å²) in [6.07, 6.45) is 0. The second-order valence-electron chi connectivity index (χ2n) is 6.96. The highest BCUT2D eigenvalue weighted by molar-refractivity contribution is 5.91. The summed E-state index contributed by atoms with van der Waals surface area (Å²) in [5, 5.41) is 11.8. The van der Waals surface area contributed by atoms with E-state index in [4.69, 9.17) is 19.5 Å². The first kappa shape index (κ1) is 20.2. The monoisotopic (exact) mass is 394 g/mol. The first-order valence-corrected chi connectivity index (χ1v) is 9.34. The van der Waals surface area contributed by atoms with Gasteiger partial charge in [0.2, 0.25) is 0 Å². The average Bonchev–Trinajstić information content (AvgIpc) is 2.75. The first-order valence-electron chi connectivity index (χ1n) is 9.34. The molecule has 0 aromatic heterocycles. The fourth-order valence-electron chi connectivity index (χ4n) is 3.03. The van der Waals surface area contributed by atoms with Crippen LogP contribution in [-0.2, 0) is 9.53 Å². The van der Waals surface area contributed by atoms with Crippen molar-refractivity contribution in [3.63, 3.8) is 0 Å². The molecule has 1 aliphatic rings. The fourth-order valence-corrected chi connectivity index (χ4v) is 3.03. The molecular formula is C22H22N2O5. The van der Waals surface area contributed by atoms with Gasteiger partial charge in [-0.3, -0.25) is 4.79 Å². The molecule has 7 heteroatoms. The molecule has 0 fully saturated rings. The number of nitrogens with one attached hydrogen (secondary N) is 1. The van der Waals surface area contributed by atoms with E-state index in [0.717, 1.165) is 5.56 Å². The van der Waals surface area contributed by atoms with Crippen molar-refractivity contribution in [3.8, 4) is 17.6 Å². The van der Waals surface area contributed by atoms with E-state index in [0.29, 0.717) is 30.3 Å². The summed E-state index contributed by atoms with van der Waals surface area (Å²) in [7, 11) is 0. The van der Waals surface area contributed by atoms with Crippen LogP contribution in [0.15, 0.2) is 42.5 Å². The standard InChI is InChI=1S/C22H22N2O5/c1-14(2)21(16-6-7-18-19(11-16)28-9-8-27-18)24-20(25)13-29-22(26)17-5-3-4-15(10-17)12-23/h3-7,10-11,14,21H,8-9,13H2,1-2H3,(H,24,25)/t21-/m1/s1. The van der Waals surface area contributed by atoms with E-state index in [1.807, 2.05) is 38.1 Å². The van der Waals surface area contributed by atoms with Gasteiger partial charge in [0, 0.05) is 0 Å². The Hall–Kier alpha value is -3.53. The van der Waals surface area contributed by atoms with Crippen molar-refractivity contribution >= 4 is 11.9 Å². The molecule has 0 radical (unpaired) electrons. The minimum absolute atomic E-state index is 0.101. The number of amides is 1. The predicted octanol–water partition coefficient (Wildman–Crippen LogP) is 3.00. The molecule has 0 saturated heterocycles. The summed E-state index contributed by atoms with van der Waals surface area (Å²) in [4.78, 5) is 24.5. The summed E-state index contributed by atoms with van der Waals surface area (Å²) < 4.78 is 16.2. The van der Waals surface area contributed by atoms with Crippen LogP contribution >= 0.6 is 0 Å². The minimum Gasteiger partial charge on any atom is -0.486 e. The van der Waals surface area contributed by atoms with E-state index in [1.165, 1.54) is 12.1 Å². The van der Waals surface area contributed by atoms with Gasteiger partial charge in [-0.15, -0.1) is 0 Å². The van der Waals surface area contributed by atoms with Crippen LogP contribution in [0.5, 0.6) is 11.5 Å². The van der Waals surface area contributed by atoms with Gasteiger partial charge in [0.05, 0.1) is 23.2 Å². The Morgan fingerprint density at radius 1 is 1.14 bits per heavy atom. The Labute approximate surface area is 169 Å². The molecule has 0 saturated carbocycles. The van der Waals surface area contributed by atoms with Crippen molar-refractivity contribution in [2.75, 3.05) is 19.8 Å². The third-order valence-corrected chi connectivity index (χ3v) is 4.47. The van der Waals surface area contributed by atoms with Crippen LogP contribution in [0.4, 0.5) is 0 Å². The van der Waals surface area contributed by atoms with E-state index < -0.39 is 18.5 Å². The second kappa shape index (κ2) is 9.11. The van der Waals surface area contributed by atoms with Crippen molar-refractivity contribution < 1.29 is 23.8 Å². The smallest absolute Gasteiger partial charge is 0.338 e. The molecule has 0 unspecified atom stereocenters. The normalized spacial score (nSPS) is 13.3. The van der Waals surface area contributed by atoms with Gasteiger partial charge in [0.25, 0.3) is 5.91 Å². The van der Waals surface area contributed by atoms with Crippen molar-refractivity contribution in [2.45, 2.75) is 19.9 Å². The molecule has 1 heterocycles. The number of rotatable bonds is 6. The van der Waals surface area contributed by atoms with Gasteiger partial charge in [-0.25, -0.2) is 4.79 Å². The molecule has 29 heavy (non-hydrogen) atoms. The highest BCUT2D eigenvalue weighted by Gasteiger charge is 2.22. The second-order valence-corrected chi connectivity index (χ2v) is 6.96. The third-order valence-electron chi connectivity index (χ3n) is 4.47. The lowest BCUT2D eigenvalue weighted by atomic mass is 9.95. The number of ether oxygens (including phenoxy) is 3. The Morgan fingerprint density at radius 3 is 2.62 bits per heavy atom. The van der Waals surface area contributed by atoms with Crippen LogP contribution in [0.2, 0.25) is 0 Å². The number of nitrogens with zero attached hydrogens (tertiary/aromatic N) is 1. The van der Waals surface area contributed by atoms with Gasteiger partial charge >= 0.3 is 5.97 Å². The minimum atomic E-state index is -0.655. The molecule has 2 aromatic carbocycles. The number of benzene rings is 2. The quantitative estimate of drug-likeness (QED) is 0.757. The molecule has 1 atom stereocenters. The molecule has 1 aliphatic heterocycles. The van der Waals surface area contributed by atoms with E-state index in [9.17, 15) is 9.59 Å². The topological polar surface area (TPSA) is 97.7 Å². The largest absolute Gasteiger partial charge is 0.486 e. The number of hydrogen-bond acceptors (Lipinski definition) is 6. The van der Waals surface area contributed by atoms with E-state index in [1.54, 1.807) is 12.1 Å². The van der Waals surface area contributed by atoms with Crippen molar-refractivity contribution in [1.82, 2.24) is 5.32 Å². The number of hydrogen-bond donors (Lipinski definition) is 1. The van der Waals surface area contributed by atoms with Gasteiger partial charge in [-0.1, -0.05) is 26.0 Å². The Balaban J connectivity index is 1.63. The van der Waals surface area contributed by atoms with Gasteiger partial charge in [0.15, 0.2) is 18.1 Å². The highest BCUT2D eigenvalue weighted by atomic mass is 16.6. The number of esters is 1. The lowest BCUT2D eigenvalue weighted by Gasteiger charge is -2.25. The van der Waals surface area contributed by atoms with Crippen LogP contribution < -0.4 is 14.8 Å². The number of carbonyl (C=O) groups is 2. The van der Waals surface area contributed by atoms with Crippen LogP contribution in [0, 0.1) is 17.2 Å². The summed E-state index contributed by atoms with van der Waals surface area (Å²) in [6.45, 7) is 4.56. The zero-order valence-electron chi connectivity index (χ0n) is 16.3. The third kappa shape index (κ3) is 5.05. The molecule has 2 aromatic rings. The molecular weight excluding hydrogens is 372 g/mol. The predicted molar refractivity (Wildman–Crippen MR) is 105 cm³/mol. The first-order chi connectivity index (χ1) is 14.0. The lowest BCUT2D eigenvalue weighted by Crippen LogP contribution is -2.35. The van der Waals surface area contributed by atoms with E-state index in [-0.39, 0.29) is 17.5 Å². The molecule has 0 bridgehead atoms. The Kier molecular flexibility index (Phi) is 6.35. The highest BCUT2D eigenvalue weighted by Crippen LogP contribution is 2.34. The SMILES string of the molecule is CC(C)[C@@H](NC(=O)COC(=O)c1cccc(C#N)c1)c1ccc2c(c1)OCCO2. The average molecular weight is 394 g/mol. The van der Waals surface area contributed by atoms with E-state index >= 15 is 0 Å². The molecule has 3 rings (SSSR count). The Morgan fingerprint density at radius 2 is 1.90 bits per heavy atom. The summed E-state index contributed by atoms with van der Waals surface area (Å²) in [5.74, 6) is 0.366. The van der Waals surface area contributed by atoms with Gasteiger partial charge in [-0.05, 0) is 41.8 Å². The van der Waals surface area contributed by atoms with Gasteiger partial charge in [-0.2, -0.15) is 5.26 Å². The maximum Gasteiger partial charge on any atom is 0.338 e. The zero-order chi connectivity index (χ0) is 20.8. The van der Waals surface area contributed by atoms with Gasteiger partial charge in [0.1, 0.15) is 13.2 Å². The van der Waals surface area contributed by atoms with Crippen molar-refractivity contribution in [2.24, 2.45) is 5.92 Å². The van der Waals surface area contributed by atoms with Crippen LogP contribution in [0.25, 0.3) is 0 Å². The Bertz CT molecular complexity index is 948.